The van der Waals surface area contributed by atoms with Crippen molar-refractivity contribution in [3.8, 4) is 0 Å². The lowest BCUT2D eigenvalue weighted by Crippen LogP contribution is -1.95. The maximum atomic E-state index is 4.89. The second-order valence-electron chi connectivity index (χ2n) is 6.24. The smallest absolute Gasteiger partial charge is 0.0702 e. The SMILES string of the molecule is C1=C(c2ccc3ncccc3c2)c2ccc(C3CC3)nc2C1.[HH]. The molecule has 2 aromatic heterocycles. The van der Waals surface area contributed by atoms with E-state index in [1.54, 1.807) is 0 Å². The molecule has 0 radical (unpaired) electrons. The average molecular weight is 286 g/mol. The third-order valence-corrected chi connectivity index (χ3v) is 4.70. The maximum absolute atomic E-state index is 4.89. The van der Waals surface area contributed by atoms with Crippen LogP contribution in [-0.4, -0.2) is 9.97 Å². The Labute approximate surface area is 131 Å². The Morgan fingerprint density at radius 3 is 2.91 bits per heavy atom. The molecule has 1 aromatic carbocycles. The lowest BCUT2D eigenvalue weighted by Gasteiger charge is -2.08. The molecule has 1 saturated carbocycles. The number of rotatable bonds is 2. The zero-order chi connectivity index (χ0) is 14.5. The Bertz CT molecular complexity index is 926. The summed E-state index contributed by atoms with van der Waals surface area (Å²) >= 11 is 0. The molecule has 22 heavy (non-hydrogen) atoms. The molecule has 108 valence electrons. The van der Waals surface area contributed by atoms with Crippen molar-refractivity contribution in [1.29, 1.82) is 0 Å². The topological polar surface area (TPSA) is 25.8 Å². The molecule has 3 aromatic rings. The Hall–Kier alpha value is -2.48. The summed E-state index contributed by atoms with van der Waals surface area (Å²) in [6, 6.07) is 15.1. The van der Waals surface area contributed by atoms with Crippen LogP contribution in [0.25, 0.3) is 16.5 Å². The monoisotopic (exact) mass is 286 g/mol. The number of benzene rings is 1. The van der Waals surface area contributed by atoms with Crippen LogP contribution in [0.15, 0.2) is 54.7 Å². The highest BCUT2D eigenvalue weighted by molar-refractivity contribution is 5.89. The number of hydrogen-bond donors (Lipinski definition) is 0. The molecule has 0 atom stereocenters. The third-order valence-electron chi connectivity index (χ3n) is 4.70. The molecule has 0 amide bonds. The fourth-order valence-corrected chi connectivity index (χ4v) is 3.35. The van der Waals surface area contributed by atoms with Crippen molar-refractivity contribution in [2.24, 2.45) is 0 Å². The number of hydrogen-bond acceptors (Lipinski definition) is 2. The van der Waals surface area contributed by atoms with Gasteiger partial charge in [-0.15, -0.1) is 0 Å². The van der Waals surface area contributed by atoms with Crippen LogP contribution in [0, 0.1) is 0 Å². The van der Waals surface area contributed by atoms with Gasteiger partial charge < -0.3 is 0 Å². The van der Waals surface area contributed by atoms with E-state index in [4.69, 9.17) is 4.98 Å². The largest absolute Gasteiger partial charge is 0.257 e. The van der Waals surface area contributed by atoms with Gasteiger partial charge >= 0.3 is 0 Å². The molecular formula is C20H18N2. The molecule has 0 N–H and O–H groups in total. The minimum Gasteiger partial charge on any atom is -0.257 e. The fourth-order valence-electron chi connectivity index (χ4n) is 3.35. The molecular weight excluding hydrogens is 268 g/mol. The Morgan fingerprint density at radius 2 is 2.00 bits per heavy atom. The van der Waals surface area contributed by atoms with Crippen LogP contribution in [0.5, 0.6) is 0 Å². The number of fused-ring (bicyclic) bond motifs is 2. The average Bonchev–Trinajstić information content (AvgIpc) is 3.34. The van der Waals surface area contributed by atoms with Crippen molar-refractivity contribution in [3.05, 3.63) is 77.3 Å². The van der Waals surface area contributed by atoms with Crippen LogP contribution in [0.3, 0.4) is 0 Å². The van der Waals surface area contributed by atoms with Gasteiger partial charge in [-0.05, 0) is 48.2 Å². The van der Waals surface area contributed by atoms with Crippen LogP contribution in [0.2, 0.25) is 0 Å². The molecule has 1 fully saturated rings. The first-order chi connectivity index (χ1) is 10.9. The van der Waals surface area contributed by atoms with Crippen molar-refractivity contribution < 1.29 is 1.43 Å². The summed E-state index contributed by atoms with van der Waals surface area (Å²) in [7, 11) is 0. The van der Waals surface area contributed by atoms with Crippen LogP contribution in [-0.2, 0) is 6.42 Å². The van der Waals surface area contributed by atoms with E-state index in [0.717, 1.165) is 17.9 Å². The summed E-state index contributed by atoms with van der Waals surface area (Å²) in [5.41, 5.74) is 7.46. The first-order valence-electron chi connectivity index (χ1n) is 7.94. The lowest BCUT2D eigenvalue weighted by atomic mass is 9.99. The van der Waals surface area contributed by atoms with Crippen LogP contribution in [0.1, 0.15) is 42.7 Å². The number of nitrogens with zero attached hydrogens (tertiary/aromatic N) is 2. The summed E-state index contributed by atoms with van der Waals surface area (Å²) in [5.74, 6) is 0.723. The van der Waals surface area contributed by atoms with Crippen LogP contribution >= 0.6 is 0 Å². The van der Waals surface area contributed by atoms with Gasteiger partial charge in [0, 0.05) is 36.6 Å². The highest BCUT2D eigenvalue weighted by Gasteiger charge is 2.26. The molecule has 0 saturated heterocycles. The summed E-state index contributed by atoms with van der Waals surface area (Å²) in [6.07, 6.45) is 7.73. The van der Waals surface area contributed by atoms with Crippen molar-refractivity contribution in [3.63, 3.8) is 0 Å². The number of pyridine rings is 2. The van der Waals surface area contributed by atoms with Crippen LogP contribution < -0.4 is 0 Å². The number of aromatic nitrogens is 2. The molecule has 0 spiro atoms. The summed E-state index contributed by atoms with van der Waals surface area (Å²) < 4.78 is 0. The molecule has 2 heterocycles. The Morgan fingerprint density at radius 1 is 1.05 bits per heavy atom. The van der Waals surface area contributed by atoms with Gasteiger partial charge in [0.1, 0.15) is 0 Å². The van der Waals surface area contributed by atoms with Gasteiger partial charge in [-0.25, -0.2) is 0 Å². The Balaban J connectivity index is 0.00000135. The minimum atomic E-state index is 0. The van der Waals surface area contributed by atoms with Crippen molar-refractivity contribution >= 4 is 16.5 Å². The van der Waals surface area contributed by atoms with Gasteiger partial charge in [0.05, 0.1) is 11.2 Å². The standard InChI is InChI=1S/C20H16N2.H2/c1-2-15-12-14(5-8-18(15)21-11-1)16-6-10-20-17(16)7-9-19(22-20)13-3-4-13;/h1-2,5-9,11-13H,3-4,10H2;1H. The van der Waals surface area contributed by atoms with E-state index in [1.165, 1.54) is 46.3 Å². The molecule has 2 aliphatic carbocycles. The normalized spacial score (nSPS) is 16.6. The van der Waals surface area contributed by atoms with E-state index in [9.17, 15) is 0 Å². The van der Waals surface area contributed by atoms with E-state index in [1.807, 2.05) is 12.3 Å². The van der Waals surface area contributed by atoms with Gasteiger partial charge in [0.25, 0.3) is 0 Å². The highest BCUT2D eigenvalue weighted by atomic mass is 14.7. The predicted molar refractivity (Wildman–Crippen MR) is 90.9 cm³/mol. The van der Waals surface area contributed by atoms with Crippen molar-refractivity contribution in [2.75, 3.05) is 0 Å². The van der Waals surface area contributed by atoms with Crippen molar-refractivity contribution in [2.45, 2.75) is 25.2 Å². The quantitative estimate of drug-likeness (QED) is 0.680. The zero-order valence-corrected chi connectivity index (χ0v) is 12.3. The molecule has 2 heteroatoms. The second-order valence-corrected chi connectivity index (χ2v) is 6.24. The summed E-state index contributed by atoms with van der Waals surface area (Å²) in [6.45, 7) is 0. The summed E-state index contributed by atoms with van der Waals surface area (Å²) in [5, 5.41) is 1.19. The maximum Gasteiger partial charge on any atom is 0.0702 e. The van der Waals surface area contributed by atoms with E-state index in [0.29, 0.717) is 0 Å². The third kappa shape index (κ3) is 1.87. The first kappa shape index (κ1) is 12.1. The molecule has 0 aliphatic heterocycles. The molecule has 0 unspecified atom stereocenters. The molecule has 2 aliphatic rings. The Kier molecular flexibility index (Phi) is 2.48. The lowest BCUT2D eigenvalue weighted by molar-refractivity contribution is 0.977. The van der Waals surface area contributed by atoms with E-state index in [2.05, 4.69) is 47.5 Å². The van der Waals surface area contributed by atoms with Gasteiger partial charge in [0.15, 0.2) is 0 Å². The van der Waals surface area contributed by atoms with Crippen molar-refractivity contribution in [1.82, 2.24) is 9.97 Å². The molecule has 0 bridgehead atoms. The number of allylic oxidation sites excluding steroid dienone is 1. The molecule has 5 rings (SSSR count). The summed E-state index contributed by atoms with van der Waals surface area (Å²) in [4.78, 5) is 9.29. The van der Waals surface area contributed by atoms with Gasteiger partial charge in [-0.3, -0.25) is 9.97 Å². The predicted octanol–water partition coefficient (Wildman–Crippen LogP) is 4.74. The fraction of sp³-hybridized carbons (Fsp3) is 0.200. The van der Waals surface area contributed by atoms with Gasteiger partial charge in [-0.2, -0.15) is 0 Å². The van der Waals surface area contributed by atoms with Crippen LogP contribution in [0.4, 0.5) is 0 Å². The van der Waals surface area contributed by atoms with E-state index in [-0.39, 0.29) is 1.43 Å². The molecule has 2 nitrogen and oxygen atoms in total. The highest BCUT2D eigenvalue weighted by Crippen LogP contribution is 2.41. The zero-order valence-electron chi connectivity index (χ0n) is 12.3. The van der Waals surface area contributed by atoms with Gasteiger partial charge in [-0.1, -0.05) is 24.3 Å². The second kappa shape index (κ2) is 4.51. The van der Waals surface area contributed by atoms with Gasteiger partial charge in [0.2, 0.25) is 0 Å². The first-order valence-corrected chi connectivity index (χ1v) is 7.94. The minimum absolute atomic E-state index is 0. The van der Waals surface area contributed by atoms with E-state index >= 15 is 0 Å². The van der Waals surface area contributed by atoms with E-state index < -0.39 is 0 Å².